The Hall–Kier alpha value is -2.98. The molecule has 0 saturated heterocycles. The summed E-state index contributed by atoms with van der Waals surface area (Å²) in [4.78, 5) is 10.3. The first-order chi connectivity index (χ1) is 11.9. The molecule has 2 heterocycles. The highest BCUT2D eigenvalue weighted by molar-refractivity contribution is 7.19. The van der Waals surface area contributed by atoms with Crippen LogP contribution in [-0.2, 0) is 0 Å². The molecule has 2 aromatic carbocycles. The Bertz CT molecular complexity index is 862. The third kappa shape index (κ3) is 3.05. The molecular formula is C20H15N3S. The van der Waals surface area contributed by atoms with Gasteiger partial charge in [0, 0.05) is 11.8 Å². The summed E-state index contributed by atoms with van der Waals surface area (Å²) < 4.78 is 0. The quantitative estimate of drug-likeness (QED) is 0.528. The van der Waals surface area contributed by atoms with Gasteiger partial charge in [0.15, 0.2) is 5.13 Å². The third-order valence-electron chi connectivity index (χ3n) is 3.61. The van der Waals surface area contributed by atoms with Crippen molar-refractivity contribution in [3.8, 4) is 21.7 Å². The lowest BCUT2D eigenvalue weighted by molar-refractivity contribution is 1.29. The van der Waals surface area contributed by atoms with Crippen LogP contribution in [-0.4, -0.2) is 9.97 Å². The lowest BCUT2D eigenvalue weighted by Gasteiger charge is -2.02. The molecular weight excluding hydrogens is 314 g/mol. The summed E-state index contributed by atoms with van der Waals surface area (Å²) in [6.07, 6.45) is 1.77. The van der Waals surface area contributed by atoms with Gasteiger partial charge in [-0.15, -0.1) is 0 Å². The second-order valence-corrected chi connectivity index (χ2v) is 6.27. The summed E-state index contributed by atoms with van der Waals surface area (Å²) >= 11 is 1.64. The van der Waals surface area contributed by atoms with E-state index in [-0.39, 0.29) is 0 Å². The van der Waals surface area contributed by atoms with Gasteiger partial charge < -0.3 is 5.32 Å². The van der Waals surface area contributed by atoms with E-state index in [9.17, 15) is 0 Å². The van der Waals surface area contributed by atoms with Crippen molar-refractivity contribution in [1.82, 2.24) is 9.97 Å². The van der Waals surface area contributed by atoms with Crippen LogP contribution in [0.15, 0.2) is 85.1 Å². The lowest BCUT2D eigenvalue weighted by Crippen LogP contribution is -1.91. The van der Waals surface area contributed by atoms with Crippen molar-refractivity contribution in [2.45, 2.75) is 0 Å². The number of anilines is 2. The van der Waals surface area contributed by atoms with Crippen LogP contribution < -0.4 is 5.32 Å². The number of pyridine rings is 1. The molecule has 1 N–H and O–H groups in total. The number of benzene rings is 2. The Morgan fingerprint density at radius 2 is 1.38 bits per heavy atom. The molecule has 3 nitrogen and oxygen atoms in total. The van der Waals surface area contributed by atoms with Crippen LogP contribution in [0.25, 0.3) is 21.7 Å². The molecule has 0 fully saturated rings. The Balaban J connectivity index is 1.79. The van der Waals surface area contributed by atoms with Crippen molar-refractivity contribution < 1.29 is 0 Å². The number of aromatic nitrogens is 2. The highest BCUT2D eigenvalue weighted by Crippen LogP contribution is 2.39. The molecule has 116 valence electrons. The summed E-state index contributed by atoms with van der Waals surface area (Å²) in [5.41, 5.74) is 3.27. The first-order valence-electron chi connectivity index (χ1n) is 7.70. The molecule has 0 aliphatic carbocycles. The number of rotatable bonds is 4. The van der Waals surface area contributed by atoms with Gasteiger partial charge in [-0.05, 0) is 17.7 Å². The highest BCUT2D eigenvalue weighted by atomic mass is 32.1. The molecule has 2 aromatic heterocycles. The van der Waals surface area contributed by atoms with E-state index in [4.69, 9.17) is 4.98 Å². The molecule has 24 heavy (non-hydrogen) atoms. The summed E-state index contributed by atoms with van der Waals surface area (Å²) in [6, 6.07) is 26.4. The van der Waals surface area contributed by atoms with Crippen LogP contribution in [0.4, 0.5) is 10.9 Å². The monoisotopic (exact) mass is 329 g/mol. The molecule has 4 aromatic rings. The number of hydrogen-bond donors (Lipinski definition) is 1. The zero-order valence-electron chi connectivity index (χ0n) is 12.9. The summed E-state index contributed by atoms with van der Waals surface area (Å²) in [5, 5.41) is 4.14. The van der Waals surface area contributed by atoms with Crippen LogP contribution in [0.5, 0.6) is 0 Å². The van der Waals surface area contributed by atoms with E-state index in [1.807, 2.05) is 42.5 Å². The Labute approximate surface area is 144 Å². The van der Waals surface area contributed by atoms with Crippen molar-refractivity contribution >= 4 is 22.3 Å². The molecule has 0 aliphatic heterocycles. The van der Waals surface area contributed by atoms with Gasteiger partial charge in [0.2, 0.25) is 0 Å². The highest BCUT2D eigenvalue weighted by Gasteiger charge is 2.15. The van der Waals surface area contributed by atoms with Crippen LogP contribution in [0.1, 0.15) is 0 Å². The summed E-state index contributed by atoms with van der Waals surface area (Å²) in [6.45, 7) is 0. The third-order valence-corrected chi connectivity index (χ3v) is 4.63. The molecule has 0 unspecified atom stereocenters. The van der Waals surface area contributed by atoms with Gasteiger partial charge in [-0.25, -0.2) is 9.97 Å². The SMILES string of the molecule is c1ccc(-c2nc(Nc3ccccn3)sc2-c2ccccc2)cc1. The molecule has 0 saturated carbocycles. The van der Waals surface area contributed by atoms with E-state index in [1.165, 1.54) is 5.56 Å². The van der Waals surface area contributed by atoms with Crippen LogP contribution in [0.3, 0.4) is 0 Å². The molecule has 0 bridgehead atoms. The molecule has 0 spiro atoms. The van der Waals surface area contributed by atoms with Crippen molar-refractivity contribution in [2.75, 3.05) is 5.32 Å². The average Bonchev–Trinajstić information content (AvgIpc) is 3.08. The van der Waals surface area contributed by atoms with Crippen molar-refractivity contribution in [3.63, 3.8) is 0 Å². The second kappa shape index (κ2) is 6.64. The smallest absolute Gasteiger partial charge is 0.189 e. The predicted molar refractivity (Wildman–Crippen MR) is 101 cm³/mol. The second-order valence-electron chi connectivity index (χ2n) is 5.27. The number of thiazole rings is 1. The molecule has 4 rings (SSSR count). The standard InChI is InChI=1S/C20H15N3S/c1-3-9-15(10-4-1)18-19(16-11-5-2-6-12-16)24-20(23-18)22-17-13-7-8-14-21-17/h1-14H,(H,21,22,23). The Morgan fingerprint density at radius 1 is 0.708 bits per heavy atom. The van der Waals surface area contributed by atoms with Gasteiger partial charge in [-0.3, -0.25) is 0 Å². The molecule has 0 atom stereocenters. The zero-order chi connectivity index (χ0) is 16.2. The number of nitrogens with zero attached hydrogens (tertiary/aromatic N) is 2. The van der Waals surface area contributed by atoms with Crippen LogP contribution in [0.2, 0.25) is 0 Å². The summed E-state index contributed by atoms with van der Waals surface area (Å²) in [5.74, 6) is 0.797. The fraction of sp³-hybridized carbons (Fsp3) is 0. The van der Waals surface area contributed by atoms with Gasteiger partial charge in [-0.1, -0.05) is 78.1 Å². The van der Waals surface area contributed by atoms with E-state index in [0.717, 1.165) is 27.1 Å². The molecule has 0 aliphatic rings. The predicted octanol–water partition coefficient (Wildman–Crippen LogP) is 5.62. The van der Waals surface area contributed by atoms with Crippen molar-refractivity contribution in [1.29, 1.82) is 0 Å². The Kier molecular flexibility index (Phi) is 4.04. The zero-order valence-corrected chi connectivity index (χ0v) is 13.7. The number of hydrogen-bond acceptors (Lipinski definition) is 4. The van der Waals surface area contributed by atoms with E-state index < -0.39 is 0 Å². The van der Waals surface area contributed by atoms with Crippen molar-refractivity contribution in [2.24, 2.45) is 0 Å². The van der Waals surface area contributed by atoms with Crippen LogP contribution in [0, 0.1) is 0 Å². The first-order valence-corrected chi connectivity index (χ1v) is 8.51. The Morgan fingerprint density at radius 3 is 2.04 bits per heavy atom. The maximum atomic E-state index is 4.82. The fourth-order valence-electron chi connectivity index (χ4n) is 2.50. The molecule has 0 amide bonds. The minimum absolute atomic E-state index is 0.797. The van der Waals surface area contributed by atoms with E-state index in [1.54, 1.807) is 17.5 Å². The van der Waals surface area contributed by atoms with Gasteiger partial charge in [0.1, 0.15) is 5.82 Å². The van der Waals surface area contributed by atoms with Gasteiger partial charge >= 0.3 is 0 Å². The normalized spacial score (nSPS) is 10.5. The van der Waals surface area contributed by atoms with Gasteiger partial charge in [0.05, 0.1) is 10.6 Å². The van der Waals surface area contributed by atoms with Crippen molar-refractivity contribution in [3.05, 3.63) is 85.1 Å². The molecule has 0 radical (unpaired) electrons. The average molecular weight is 329 g/mol. The summed E-state index contributed by atoms with van der Waals surface area (Å²) in [7, 11) is 0. The van der Waals surface area contributed by atoms with E-state index >= 15 is 0 Å². The lowest BCUT2D eigenvalue weighted by atomic mass is 10.1. The maximum absolute atomic E-state index is 4.82. The van der Waals surface area contributed by atoms with E-state index in [2.05, 4.69) is 46.7 Å². The minimum atomic E-state index is 0.797. The fourth-order valence-corrected chi connectivity index (χ4v) is 3.50. The largest absolute Gasteiger partial charge is 0.316 e. The van der Waals surface area contributed by atoms with E-state index in [0.29, 0.717) is 0 Å². The van der Waals surface area contributed by atoms with Gasteiger partial charge in [-0.2, -0.15) is 0 Å². The van der Waals surface area contributed by atoms with Gasteiger partial charge in [0.25, 0.3) is 0 Å². The number of nitrogens with one attached hydrogen (secondary N) is 1. The van der Waals surface area contributed by atoms with Crippen LogP contribution >= 0.6 is 11.3 Å². The molecule has 4 heteroatoms. The maximum Gasteiger partial charge on any atom is 0.189 e. The topological polar surface area (TPSA) is 37.8 Å². The minimum Gasteiger partial charge on any atom is -0.316 e. The first kappa shape index (κ1) is 14.6.